The minimum absolute atomic E-state index is 0.802. The molecule has 0 radical (unpaired) electrons. The second-order valence-corrected chi connectivity index (χ2v) is 5.54. The summed E-state index contributed by atoms with van der Waals surface area (Å²) in [4.78, 5) is 0. The molecule has 0 aromatic rings. The Morgan fingerprint density at radius 3 is 1.81 bits per heavy atom. The third-order valence-electron chi connectivity index (χ3n) is 4.25. The molecule has 0 fully saturated rings. The average Bonchev–Trinajstić information content (AvgIpc) is 2.24. The topological polar surface area (TPSA) is 0 Å². The Hall–Kier alpha value is -0.260. The maximum absolute atomic E-state index is 2.44. The van der Waals surface area contributed by atoms with Gasteiger partial charge in [-0.05, 0) is 44.9 Å². The predicted octanol–water partition coefficient (Wildman–Crippen LogP) is 5.83. The Balaban J connectivity index is 4.82. The van der Waals surface area contributed by atoms with Crippen LogP contribution in [0.25, 0.3) is 0 Å². The van der Waals surface area contributed by atoms with Crippen molar-refractivity contribution in [1.82, 2.24) is 0 Å². The standard InChI is InChI=1S/C16H32/c1-8-11-13(6)15(9-2)16(10-3)14(7)12(4)5/h13,15-16H,8-11H2,1-7H3. The monoisotopic (exact) mass is 224 g/mol. The van der Waals surface area contributed by atoms with Crippen molar-refractivity contribution in [3.05, 3.63) is 11.1 Å². The van der Waals surface area contributed by atoms with Crippen LogP contribution in [0.4, 0.5) is 0 Å². The summed E-state index contributed by atoms with van der Waals surface area (Å²) in [5.74, 6) is 2.55. The molecule has 0 spiro atoms. The molecule has 0 bridgehead atoms. The van der Waals surface area contributed by atoms with Crippen molar-refractivity contribution in [3.8, 4) is 0 Å². The first kappa shape index (κ1) is 15.7. The van der Waals surface area contributed by atoms with E-state index >= 15 is 0 Å². The van der Waals surface area contributed by atoms with E-state index in [1.807, 2.05) is 0 Å². The molecule has 0 saturated heterocycles. The van der Waals surface area contributed by atoms with Crippen LogP contribution in [0, 0.1) is 17.8 Å². The summed E-state index contributed by atoms with van der Waals surface area (Å²) in [5, 5.41) is 0. The molecule has 0 N–H and O–H groups in total. The van der Waals surface area contributed by atoms with E-state index in [9.17, 15) is 0 Å². The number of hydrogen-bond acceptors (Lipinski definition) is 0. The smallest absolute Gasteiger partial charge is 0.0175 e. The highest BCUT2D eigenvalue weighted by Gasteiger charge is 2.25. The van der Waals surface area contributed by atoms with E-state index in [1.165, 1.54) is 31.3 Å². The lowest BCUT2D eigenvalue weighted by atomic mass is 9.73. The Labute approximate surface area is 104 Å². The molecule has 0 aromatic carbocycles. The van der Waals surface area contributed by atoms with Gasteiger partial charge in [0, 0.05) is 0 Å². The van der Waals surface area contributed by atoms with Crippen LogP contribution in [0.2, 0.25) is 0 Å². The first-order valence-corrected chi connectivity index (χ1v) is 7.13. The molecular formula is C16H32. The molecule has 0 aliphatic carbocycles. The van der Waals surface area contributed by atoms with Gasteiger partial charge in [0.2, 0.25) is 0 Å². The van der Waals surface area contributed by atoms with Gasteiger partial charge in [0.1, 0.15) is 0 Å². The van der Waals surface area contributed by atoms with E-state index in [1.54, 1.807) is 5.57 Å². The number of rotatable bonds is 7. The molecule has 0 aliphatic heterocycles. The summed E-state index contributed by atoms with van der Waals surface area (Å²) in [6.07, 6.45) is 5.32. The van der Waals surface area contributed by atoms with Crippen molar-refractivity contribution in [2.24, 2.45) is 17.8 Å². The maximum Gasteiger partial charge on any atom is -0.0175 e. The highest BCUT2D eigenvalue weighted by atomic mass is 14.3. The molecule has 0 aromatic heterocycles. The molecule has 0 amide bonds. The molecule has 0 saturated carbocycles. The van der Waals surface area contributed by atoms with E-state index in [0.29, 0.717) is 0 Å². The molecule has 0 aliphatic rings. The first-order valence-electron chi connectivity index (χ1n) is 7.13. The fourth-order valence-electron chi connectivity index (χ4n) is 3.05. The molecule has 0 rings (SSSR count). The number of hydrogen-bond donors (Lipinski definition) is 0. The van der Waals surface area contributed by atoms with E-state index in [2.05, 4.69) is 48.5 Å². The minimum atomic E-state index is 0.802. The van der Waals surface area contributed by atoms with Crippen LogP contribution in [0.15, 0.2) is 11.1 Å². The third-order valence-corrected chi connectivity index (χ3v) is 4.25. The molecule has 3 atom stereocenters. The van der Waals surface area contributed by atoms with Gasteiger partial charge in [-0.2, -0.15) is 0 Å². The van der Waals surface area contributed by atoms with Gasteiger partial charge in [0.05, 0.1) is 0 Å². The lowest BCUT2D eigenvalue weighted by Gasteiger charge is -2.32. The van der Waals surface area contributed by atoms with Crippen LogP contribution in [-0.4, -0.2) is 0 Å². The highest BCUT2D eigenvalue weighted by Crippen LogP contribution is 2.35. The van der Waals surface area contributed by atoms with Crippen LogP contribution in [0.1, 0.15) is 74.1 Å². The SMILES string of the molecule is CCCC(C)C(CC)C(CC)C(C)=C(C)C. The van der Waals surface area contributed by atoms with Gasteiger partial charge in [0.15, 0.2) is 0 Å². The molecule has 0 heteroatoms. The van der Waals surface area contributed by atoms with Crippen molar-refractivity contribution >= 4 is 0 Å². The zero-order chi connectivity index (χ0) is 12.7. The minimum Gasteiger partial charge on any atom is -0.0772 e. The molecular weight excluding hydrogens is 192 g/mol. The molecule has 16 heavy (non-hydrogen) atoms. The first-order chi connectivity index (χ1) is 7.49. The van der Waals surface area contributed by atoms with Gasteiger partial charge in [-0.1, -0.05) is 58.1 Å². The lowest BCUT2D eigenvalue weighted by Crippen LogP contribution is -2.22. The van der Waals surface area contributed by atoms with Crippen molar-refractivity contribution in [2.75, 3.05) is 0 Å². The Kier molecular flexibility index (Phi) is 7.80. The van der Waals surface area contributed by atoms with Crippen molar-refractivity contribution in [3.63, 3.8) is 0 Å². The zero-order valence-electron chi connectivity index (χ0n) is 12.6. The van der Waals surface area contributed by atoms with E-state index < -0.39 is 0 Å². The molecule has 0 nitrogen and oxygen atoms in total. The quantitative estimate of drug-likeness (QED) is 0.477. The van der Waals surface area contributed by atoms with E-state index in [-0.39, 0.29) is 0 Å². The van der Waals surface area contributed by atoms with E-state index in [0.717, 1.165) is 17.8 Å². The molecule has 3 unspecified atom stereocenters. The molecule has 96 valence electrons. The van der Waals surface area contributed by atoms with Crippen LogP contribution in [-0.2, 0) is 0 Å². The van der Waals surface area contributed by atoms with Crippen LogP contribution >= 0.6 is 0 Å². The van der Waals surface area contributed by atoms with Gasteiger partial charge < -0.3 is 0 Å². The summed E-state index contributed by atoms with van der Waals surface area (Å²) in [6.45, 7) is 16.3. The van der Waals surface area contributed by atoms with Crippen molar-refractivity contribution in [1.29, 1.82) is 0 Å². The van der Waals surface area contributed by atoms with Gasteiger partial charge in [-0.15, -0.1) is 0 Å². The lowest BCUT2D eigenvalue weighted by molar-refractivity contribution is 0.240. The van der Waals surface area contributed by atoms with Crippen LogP contribution < -0.4 is 0 Å². The van der Waals surface area contributed by atoms with Crippen molar-refractivity contribution < 1.29 is 0 Å². The highest BCUT2D eigenvalue weighted by molar-refractivity contribution is 5.12. The average molecular weight is 224 g/mol. The summed E-state index contributed by atoms with van der Waals surface area (Å²) in [7, 11) is 0. The van der Waals surface area contributed by atoms with Crippen LogP contribution in [0.5, 0.6) is 0 Å². The van der Waals surface area contributed by atoms with Gasteiger partial charge in [-0.25, -0.2) is 0 Å². The second kappa shape index (κ2) is 7.92. The van der Waals surface area contributed by atoms with Gasteiger partial charge in [-0.3, -0.25) is 0 Å². The fourth-order valence-corrected chi connectivity index (χ4v) is 3.05. The van der Waals surface area contributed by atoms with Gasteiger partial charge in [0.25, 0.3) is 0 Å². The van der Waals surface area contributed by atoms with Crippen molar-refractivity contribution in [2.45, 2.75) is 74.1 Å². The van der Waals surface area contributed by atoms with Gasteiger partial charge >= 0.3 is 0 Å². The summed E-state index contributed by atoms with van der Waals surface area (Å²) >= 11 is 0. The normalized spacial score (nSPS) is 16.7. The summed E-state index contributed by atoms with van der Waals surface area (Å²) in [5.41, 5.74) is 3.16. The Bertz CT molecular complexity index is 208. The largest absolute Gasteiger partial charge is 0.0772 e. The third kappa shape index (κ3) is 4.31. The zero-order valence-corrected chi connectivity index (χ0v) is 12.6. The fraction of sp³-hybridized carbons (Fsp3) is 0.875. The summed E-state index contributed by atoms with van der Waals surface area (Å²) in [6, 6.07) is 0. The predicted molar refractivity (Wildman–Crippen MR) is 75.7 cm³/mol. The van der Waals surface area contributed by atoms with E-state index in [4.69, 9.17) is 0 Å². The second-order valence-electron chi connectivity index (χ2n) is 5.54. The summed E-state index contributed by atoms with van der Waals surface area (Å²) < 4.78 is 0. The Morgan fingerprint density at radius 2 is 1.50 bits per heavy atom. The number of allylic oxidation sites excluding steroid dienone is 2. The van der Waals surface area contributed by atoms with Crippen LogP contribution in [0.3, 0.4) is 0 Å². The molecule has 0 heterocycles. The maximum atomic E-state index is 2.44. The Morgan fingerprint density at radius 1 is 0.938 bits per heavy atom.